The van der Waals surface area contributed by atoms with Gasteiger partial charge in [-0.3, -0.25) is 9.71 Å². The van der Waals surface area contributed by atoms with E-state index in [0.717, 1.165) is 18.3 Å². The van der Waals surface area contributed by atoms with Crippen LogP contribution in [0.15, 0.2) is 46.0 Å². The van der Waals surface area contributed by atoms with Gasteiger partial charge in [0.1, 0.15) is 10.7 Å². The first-order valence-corrected chi connectivity index (χ1v) is 7.63. The molecule has 4 nitrogen and oxygen atoms in total. The minimum absolute atomic E-state index is 0.0562. The number of aromatic nitrogens is 1. The van der Waals surface area contributed by atoms with Gasteiger partial charge in [0.05, 0.1) is 10.7 Å². The fourth-order valence-corrected chi connectivity index (χ4v) is 3.43. The molecule has 100 valence electrons. The molecule has 0 amide bonds. The molecular formula is C11H7BrClFN2O2S. The average Bonchev–Trinajstić information content (AvgIpc) is 2.33. The van der Waals surface area contributed by atoms with E-state index in [2.05, 4.69) is 25.6 Å². The predicted molar refractivity (Wildman–Crippen MR) is 74.2 cm³/mol. The molecule has 0 saturated heterocycles. The normalized spacial score (nSPS) is 11.3. The Kier molecular flexibility index (Phi) is 4.07. The van der Waals surface area contributed by atoms with Gasteiger partial charge in [-0.2, -0.15) is 0 Å². The quantitative estimate of drug-likeness (QED) is 0.906. The summed E-state index contributed by atoms with van der Waals surface area (Å²) in [6, 6.07) is 4.98. The highest BCUT2D eigenvalue weighted by molar-refractivity contribution is 9.10. The Morgan fingerprint density at radius 2 is 2.05 bits per heavy atom. The first kappa shape index (κ1) is 14.2. The fourth-order valence-electron chi connectivity index (χ4n) is 1.33. The van der Waals surface area contributed by atoms with Gasteiger partial charge in [-0.05, 0) is 40.2 Å². The van der Waals surface area contributed by atoms with Crippen molar-refractivity contribution in [2.75, 3.05) is 4.72 Å². The molecule has 19 heavy (non-hydrogen) atoms. The number of benzene rings is 1. The molecule has 0 aliphatic heterocycles. The number of anilines is 1. The summed E-state index contributed by atoms with van der Waals surface area (Å²) in [5.41, 5.74) is 0.210. The Balaban J connectivity index is 2.40. The summed E-state index contributed by atoms with van der Waals surface area (Å²) in [6.45, 7) is 0. The van der Waals surface area contributed by atoms with E-state index in [-0.39, 0.29) is 20.1 Å². The van der Waals surface area contributed by atoms with E-state index in [1.807, 2.05) is 0 Å². The molecule has 0 aliphatic rings. The third kappa shape index (κ3) is 3.23. The minimum atomic E-state index is -3.88. The summed E-state index contributed by atoms with van der Waals surface area (Å²) in [4.78, 5) is 3.57. The van der Waals surface area contributed by atoms with E-state index in [4.69, 9.17) is 11.6 Å². The maximum Gasteiger partial charge on any atom is 0.264 e. The third-order valence-corrected chi connectivity index (χ3v) is 4.69. The van der Waals surface area contributed by atoms with Crippen molar-refractivity contribution >= 4 is 43.2 Å². The monoisotopic (exact) mass is 364 g/mol. The number of nitrogens with one attached hydrogen (secondary N) is 1. The molecule has 0 unspecified atom stereocenters. The number of sulfonamides is 1. The molecule has 2 aromatic rings. The van der Waals surface area contributed by atoms with Crippen molar-refractivity contribution in [3.05, 3.63) is 52.0 Å². The molecule has 2 rings (SSSR count). The SMILES string of the molecule is O=S(=O)(Nc1ccc(F)cc1Br)c1cnccc1Cl. The maximum absolute atomic E-state index is 12.9. The lowest BCUT2D eigenvalue weighted by molar-refractivity contribution is 0.600. The van der Waals surface area contributed by atoms with Crippen LogP contribution in [0.5, 0.6) is 0 Å². The van der Waals surface area contributed by atoms with Crippen molar-refractivity contribution in [2.24, 2.45) is 0 Å². The zero-order chi connectivity index (χ0) is 14.0. The average molecular weight is 366 g/mol. The van der Waals surface area contributed by atoms with E-state index in [1.165, 1.54) is 18.3 Å². The molecule has 0 saturated carbocycles. The van der Waals surface area contributed by atoms with Gasteiger partial charge in [-0.25, -0.2) is 12.8 Å². The van der Waals surface area contributed by atoms with Gasteiger partial charge < -0.3 is 0 Å². The first-order chi connectivity index (χ1) is 8.90. The number of halogens is 3. The second kappa shape index (κ2) is 5.44. The molecule has 0 radical (unpaired) electrons. The van der Waals surface area contributed by atoms with Crippen LogP contribution in [0.3, 0.4) is 0 Å². The Bertz CT molecular complexity index is 724. The molecule has 1 N–H and O–H groups in total. The van der Waals surface area contributed by atoms with Crippen molar-refractivity contribution < 1.29 is 12.8 Å². The first-order valence-electron chi connectivity index (χ1n) is 4.97. The van der Waals surface area contributed by atoms with Gasteiger partial charge in [-0.1, -0.05) is 11.6 Å². The zero-order valence-corrected chi connectivity index (χ0v) is 12.4. The lowest BCUT2D eigenvalue weighted by Gasteiger charge is -2.10. The van der Waals surface area contributed by atoms with Crippen molar-refractivity contribution in [3.8, 4) is 0 Å². The summed E-state index contributed by atoms with van der Waals surface area (Å²) >= 11 is 8.88. The van der Waals surface area contributed by atoms with Crippen molar-refractivity contribution in [2.45, 2.75) is 4.90 Å². The Morgan fingerprint density at radius 3 is 2.68 bits per heavy atom. The Hall–Kier alpha value is -1.18. The fraction of sp³-hybridized carbons (Fsp3) is 0. The lowest BCUT2D eigenvalue weighted by atomic mass is 10.3. The van der Waals surface area contributed by atoms with Crippen molar-refractivity contribution in [1.29, 1.82) is 0 Å². The summed E-state index contributed by atoms with van der Waals surface area (Å²) in [7, 11) is -3.88. The number of hydrogen-bond acceptors (Lipinski definition) is 3. The molecular weight excluding hydrogens is 359 g/mol. The molecule has 1 aromatic heterocycles. The van der Waals surface area contributed by atoms with E-state index in [9.17, 15) is 12.8 Å². The number of rotatable bonds is 3. The Labute approximate surface area is 122 Å². The molecule has 0 bridgehead atoms. The van der Waals surface area contributed by atoms with Crippen LogP contribution in [-0.2, 0) is 10.0 Å². The van der Waals surface area contributed by atoms with Gasteiger partial charge in [0.15, 0.2) is 0 Å². The standard InChI is InChI=1S/C11H7BrClFN2O2S/c12-8-5-7(14)1-2-10(8)16-19(17,18)11-6-15-4-3-9(11)13/h1-6,16H. The summed E-state index contributed by atoms with van der Waals surface area (Å²) in [5.74, 6) is -0.478. The van der Waals surface area contributed by atoms with Gasteiger partial charge in [0.25, 0.3) is 10.0 Å². The second-order valence-corrected chi connectivity index (χ2v) is 6.45. The van der Waals surface area contributed by atoms with Crippen LogP contribution in [-0.4, -0.2) is 13.4 Å². The molecule has 1 aromatic carbocycles. The largest absolute Gasteiger partial charge is 0.278 e. The van der Waals surface area contributed by atoms with E-state index < -0.39 is 15.8 Å². The molecule has 1 heterocycles. The predicted octanol–water partition coefficient (Wildman–Crippen LogP) is 3.44. The Morgan fingerprint density at radius 1 is 1.32 bits per heavy atom. The second-order valence-electron chi connectivity index (χ2n) is 3.54. The van der Waals surface area contributed by atoms with Crippen LogP contribution in [0.25, 0.3) is 0 Å². The van der Waals surface area contributed by atoms with Gasteiger partial charge in [0.2, 0.25) is 0 Å². The zero-order valence-electron chi connectivity index (χ0n) is 9.27. The summed E-state index contributed by atoms with van der Waals surface area (Å²) in [6.07, 6.45) is 2.53. The van der Waals surface area contributed by atoms with Crippen LogP contribution >= 0.6 is 27.5 Å². The van der Waals surface area contributed by atoms with Crippen LogP contribution in [0, 0.1) is 5.82 Å². The third-order valence-electron chi connectivity index (χ3n) is 2.20. The van der Waals surface area contributed by atoms with E-state index in [1.54, 1.807) is 0 Å². The summed E-state index contributed by atoms with van der Waals surface area (Å²) in [5, 5.41) is 0.0562. The van der Waals surface area contributed by atoms with Crippen molar-refractivity contribution in [3.63, 3.8) is 0 Å². The van der Waals surface area contributed by atoms with Crippen LogP contribution in [0.4, 0.5) is 10.1 Å². The number of nitrogens with zero attached hydrogens (tertiary/aromatic N) is 1. The summed E-state index contributed by atoms with van der Waals surface area (Å²) < 4.78 is 39.7. The molecule has 0 spiro atoms. The number of hydrogen-bond donors (Lipinski definition) is 1. The molecule has 0 fully saturated rings. The van der Waals surface area contributed by atoms with Gasteiger partial charge >= 0.3 is 0 Å². The highest BCUT2D eigenvalue weighted by Crippen LogP contribution is 2.27. The molecule has 0 atom stereocenters. The van der Waals surface area contributed by atoms with Crippen LogP contribution in [0.2, 0.25) is 5.02 Å². The van der Waals surface area contributed by atoms with Gasteiger partial charge in [0, 0.05) is 16.9 Å². The smallest absolute Gasteiger partial charge is 0.264 e. The molecule has 0 aliphatic carbocycles. The van der Waals surface area contributed by atoms with Crippen LogP contribution in [0.1, 0.15) is 0 Å². The number of pyridine rings is 1. The highest BCUT2D eigenvalue weighted by Gasteiger charge is 2.19. The lowest BCUT2D eigenvalue weighted by Crippen LogP contribution is -2.14. The molecule has 8 heteroatoms. The van der Waals surface area contributed by atoms with Gasteiger partial charge in [-0.15, -0.1) is 0 Å². The van der Waals surface area contributed by atoms with Crippen molar-refractivity contribution in [1.82, 2.24) is 4.98 Å². The topological polar surface area (TPSA) is 59.1 Å². The van der Waals surface area contributed by atoms with E-state index in [0.29, 0.717) is 0 Å². The highest BCUT2D eigenvalue weighted by atomic mass is 79.9. The minimum Gasteiger partial charge on any atom is -0.278 e. The maximum atomic E-state index is 12.9. The van der Waals surface area contributed by atoms with Crippen LogP contribution < -0.4 is 4.72 Å². The van der Waals surface area contributed by atoms with E-state index >= 15 is 0 Å².